The largest absolute Gasteiger partial charge is 0.372 e. The molecular formula is C21H21FN4O4. The van der Waals surface area contributed by atoms with Gasteiger partial charge in [0.25, 0.3) is 5.91 Å². The Kier molecular flexibility index (Phi) is 5.45. The number of fused-ring (bicyclic) bond motifs is 1. The van der Waals surface area contributed by atoms with Gasteiger partial charge in [0.15, 0.2) is 17.8 Å². The Balaban J connectivity index is 1.67. The van der Waals surface area contributed by atoms with E-state index in [0.717, 1.165) is 5.56 Å². The number of amides is 1. The lowest BCUT2D eigenvalue weighted by molar-refractivity contribution is -0.00543. The van der Waals surface area contributed by atoms with Crippen LogP contribution in [0.25, 0.3) is 11.0 Å². The van der Waals surface area contributed by atoms with Crippen molar-refractivity contribution in [3.05, 3.63) is 53.2 Å². The summed E-state index contributed by atoms with van der Waals surface area (Å²) in [5.41, 5.74) is 0.892. The number of pyridine rings is 1. The molecule has 0 saturated carbocycles. The molecule has 3 aromatic rings. The third kappa shape index (κ3) is 3.76. The van der Waals surface area contributed by atoms with E-state index in [2.05, 4.69) is 15.5 Å². The number of halogens is 1. The molecule has 4 rings (SSSR count). The summed E-state index contributed by atoms with van der Waals surface area (Å²) in [7, 11) is 0. The van der Waals surface area contributed by atoms with E-state index >= 15 is 4.39 Å². The van der Waals surface area contributed by atoms with Gasteiger partial charge in [-0.15, -0.1) is 0 Å². The molecule has 9 heteroatoms. The average molecular weight is 412 g/mol. The van der Waals surface area contributed by atoms with E-state index in [1.807, 2.05) is 13.8 Å². The third-order valence-electron chi connectivity index (χ3n) is 4.99. The molecule has 0 unspecified atom stereocenters. The van der Waals surface area contributed by atoms with E-state index in [9.17, 15) is 9.59 Å². The first-order chi connectivity index (χ1) is 14.5. The number of aromatic nitrogens is 2. The molecule has 8 nitrogen and oxygen atoms in total. The highest BCUT2D eigenvalue weighted by Gasteiger charge is 2.30. The van der Waals surface area contributed by atoms with Gasteiger partial charge in [-0.3, -0.25) is 14.6 Å². The Morgan fingerprint density at radius 2 is 2.00 bits per heavy atom. The zero-order valence-corrected chi connectivity index (χ0v) is 16.6. The minimum Gasteiger partial charge on any atom is -0.372 e. The lowest BCUT2D eigenvalue weighted by Crippen LogP contribution is -2.46. The fourth-order valence-corrected chi connectivity index (χ4v) is 3.75. The van der Waals surface area contributed by atoms with E-state index in [0.29, 0.717) is 19.4 Å². The lowest BCUT2D eigenvalue weighted by Gasteiger charge is -2.37. The number of benzene rings is 1. The van der Waals surface area contributed by atoms with E-state index in [-0.39, 0.29) is 46.7 Å². The third-order valence-corrected chi connectivity index (χ3v) is 4.99. The van der Waals surface area contributed by atoms with E-state index < -0.39 is 11.7 Å². The van der Waals surface area contributed by atoms with Crippen LogP contribution < -0.4 is 10.2 Å². The molecule has 2 atom stereocenters. The van der Waals surface area contributed by atoms with Gasteiger partial charge < -0.3 is 19.5 Å². The molecule has 0 bridgehead atoms. The number of rotatable bonds is 5. The molecule has 2 aromatic heterocycles. The summed E-state index contributed by atoms with van der Waals surface area (Å²) in [6, 6.07) is 4.98. The second kappa shape index (κ2) is 8.19. The highest BCUT2D eigenvalue weighted by atomic mass is 19.1. The first kappa shape index (κ1) is 20.0. The summed E-state index contributed by atoms with van der Waals surface area (Å²) in [5.74, 6) is -1.24. The highest BCUT2D eigenvalue weighted by Crippen LogP contribution is 2.34. The van der Waals surface area contributed by atoms with Gasteiger partial charge in [0.1, 0.15) is 0 Å². The number of anilines is 1. The van der Waals surface area contributed by atoms with Crippen LogP contribution in [0.15, 0.2) is 35.1 Å². The van der Waals surface area contributed by atoms with Gasteiger partial charge in [-0.2, -0.15) is 0 Å². The molecular weight excluding hydrogens is 391 g/mol. The molecule has 1 amide bonds. The van der Waals surface area contributed by atoms with Crippen molar-refractivity contribution in [1.29, 1.82) is 0 Å². The van der Waals surface area contributed by atoms with E-state index in [4.69, 9.17) is 9.26 Å². The molecule has 1 saturated heterocycles. The van der Waals surface area contributed by atoms with E-state index in [1.54, 1.807) is 29.4 Å². The van der Waals surface area contributed by atoms with Crippen LogP contribution in [-0.4, -0.2) is 47.6 Å². The van der Waals surface area contributed by atoms with Gasteiger partial charge in [-0.05, 0) is 37.6 Å². The van der Waals surface area contributed by atoms with Crippen molar-refractivity contribution in [2.24, 2.45) is 0 Å². The van der Waals surface area contributed by atoms with Crippen LogP contribution in [0.1, 0.15) is 40.3 Å². The summed E-state index contributed by atoms with van der Waals surface area (Å²) >= 11 is 0. The van der Waals surface area contributed by atoms with Crippen molar-refractivity contribution in [2.75, 3.05) is 18.0 Å². The molecule has 1 fully saturated rings. The molecule has 3 heterocycles. The van der Waals surface area contributed by atoms with Crippen LogP contribution in [-0.2, 0) is 11.3 Å². The SMILES string of the molecule is C[C@@H]1CN(c2c(C=O)cc3c(C(=O)NCc4ccncc4)noc3c2F)C[C@H](C)O1. The monoisotopic (exact) mass is 412 g/mol. The summed E-state index contributed by atoms with van der Waals surface area (Å²) in [6.45, 7) is 4.89. The predicted molar refractivity (Wildman–Crippen MR) is 107 cm³/mol. The van der Waals surface area contributed by atoms with Gasteiger partial charge >= 0.3 is 0 Å². The van der Waals surface area contributed by atoms with Crippen LogP contribution in [0.2, 0.25) is 0 Å². The van der Waals surface area contributed by atoms with Crippen molar-refractivity contribution >= 4 is 28.8 Å². The summed E-state index contributed by atoms with van der Waals surface area (Å²) in [6.07, 6.45) is 3.58. The number of morpholine rings is 1. The zero-order valence-electron chi connectivity index (χ0n) is 16.6. The molecule has 1 aliphatic heterocycles. The molecule has 1 aliphatic rings. The maximum Gasteiger partial charge on any atom is 0.274 e. The van der Waals surface area contributed by atoms with Crippen LogP contribution in [0.5, 0.6) is 0 Å². The maximum atomic E-state index is 15.4. The summed E-state index contributed by atoms with van der Waals surface area (Å²) < 4.78 is 26.2. The Morgan fingerprint density at radius 1 is 1.30 bits per heavy atom. The molecule has 30 heavy (non-hydrogen) atoms. The maximum absolute atomic E-state index is 15.4. The number of ether oxygens (including phenoxy) is 1. The van der Waals surface area contributed by atoms with Gasteiger partial charge in [-0.1, -0.05) is 5.16 Å². The van der Waals surface area contributed by atoms with Crippen molar-refractivity contribution in [3.8, 4) is 0 Å². The first-order valence-corrected chi connectivity index (χ1v) is 9.62. The number of carbonyl (C=O) groups excluding carboxylic acids is 2. The minimum atomic E-state index is -0.711. The highest BCUT2D eigenvalue weighted by molar-refractivity contribution is 6.06. The average Bonchev–Trinajstić information content (AvgIpc) is 3.16. The Hall–Kier alpha value is -3.33. The molecule has 1 N–H and O–H groups in total. The Bertz CT molecular complexity index is 1080. The number of aldehydes is 1. The standard InChI is InChI=1S/C21H21FN4O4/c1-12-9-26(10-13(2)29-12)19-15(11-27)7-16-18(25-30-20(16)17(19)22)21(28)24-8-14-3-5-23-6-4-14/h3-7,11-13H,8-10H2,1-2H3,(H,24,28)/t12-,13+. The quantitative estimate of drug-likeness (QED) is 0.644. The van der Waals surface area contributed by atoms with Crippen molar-refractivity contribution in [1.82, 2.24) is 15.5 Å². The van der Waals surface area contributed by atoms with Crippen LogP contribution in [0.3, 0.4) is 0 Å². The number of hydrogen-bond acceptors (Lipinski definition) is 7. The molecule has 1 aromatic carbocycles. The van der Waals surface area contributed by atoms with Crippen molar-refractivity contribution < 1.29 is 23.2 Å². The Labute approximate surface area is 172 Å². The van der Waals surface area contributed by atoms with Gasteiger partial charge in [0, 0.05) is 37.6 Å². The van der Waals surface area contributed by atoms with Crippen molar-refractivity contribution in [3.63, 3.8) is 0 Å². The normalized spacial score (nSPS) is 19.1. The lowest BCUT2D eigenvalue weighted by atomic mass is 10.1. The second-order valence-corrected chi connectivity index (χ2v) is 7.35. The number of hydrogen-bond donors (Lipinski definition) is 1. The van der Waals surface area contributed by atoms with Crippen LogP contribution in [0, 0.1) is 5.82 Å². The molecule has 0 radical (unpaired) electrons. The zero-order chi connectivity index (χ0) is 21.3. The second-order valence-electron chi connectivity index (χ2n) is 7.35. The predicted octanol–water partition coefficient (Wildman–Crippen LogP) is 2.72. The molecule has 156 valence electrons. The van der Waals surface area contributed by atoms with Gasteiger partial charge in [0.2, 0.25) is 5.58 Å². The fraction of sp³-hybridized carbons (Fsp3) is 0.333. The minimum absolute atomic E-state index is 0.0729. The van der Waals surface area contributed by atoms with E-state index in [1.165, 1.54) is 6.07 Å². The Morgan fingerprint density at radius 3 is 2.67 bits per heavy atom. The molecule has 0 aliphatic carbocycles. The van der Waals surface area contributed by atoms with Gasteiger partial charge in [-0.25, -0.2) is 4.39 Å². The van der Waals surface area contributed by atoms with Crippen LogP contribution in [0.4, 0.5) is 10.1 Å². The number of nitrogens with one attached hydrogen (secondary N) is 1. The smallest absolute Gasteiger partial charge is 0.274 e. The first-order valence-electron chi connectivity index (χ1n) is 9.62. The topological polar surface area (TPSA) is 97.6 Å². The summed E-state index contributed by atoms with van der Waals surface area (Å²) in [5, 5.41) is 6.63. The number of nitrogens with zero attached hydrogens (tertiary/aromatic N) is 3. The molecule has 0 spiro atoms. The van der Waals surface area contributed by atoms with Crippen LogP contribution >= 0.6 is 0 Å². The van der Waals surface area contributed by atoms with Crippen molar-refractivity contribution in [2.45, 2.75) is 32.6 Å². The van der Waals surface area contributed by atoms with Gasteiger partial charge in [0.05, 0.1) is 23.3 Å². The fourth-order valence-electron chi connectivity index (χ4n) is 3.75. The summed E-state index contributed by atoms with van der Waals surface area (Å²) in [4.78, 5) is 30.0. The number of carbonyl (C=O) groups is 2.